The molecule has 0 aliphatic heterocycles. The molecule has 1 rings (SSSR count). The number of rotatable bonds is 4. The van der Waals surface area contributed by atoms with E-state index in [4.69, 9.17) is 11.6 Å². The fourth-order valence-corrected chi connectivity index (χ4v) is 1.62. The van der Waals surface area contributed by atoms with Gasteiger partial charge in [0.05, 0.1) is 0 Å². The highest BCUT2D eigenvalue weighted by molar-refractivity contribution is 9.10. The van der Waals surface area contributed by atoms with E-state index in [9.17, 15) is 4.79 Å². The minimum absolute atomic E-state index is 0.0615. The van der Waals surface area contributed by atoms with Crippen LogP contribution < -0.4 is 5.32 Å². The molecule has 0 heterocycles. The van der Waals surface area contributed by atoms with Gasteiger partial charge in [-0.05, 0) is 31.5 Å². The molecular formula is C11H13BrClNO. The number of benzene rings is 1. The third kappa shape index (κ3) is 4.67. The van der Waals surface area contributed by atoms with Crippen LogP contribution in [0, 0.1) is 0 Å². The van der Waals surface area contributed by atoms with E-state index < -0.39 is 0 Å². The standard InChI is InChI=1S/C11H13BrClNO/c1-8(13)5-6-14-11(15)9-3-2-4-10(12)7-9/h2-4,7-8H,5-6H2,1H3,(H,14,15). The van der Waals surface area contributed by atoms with Crippen molar-refractivity contribution < 1.29 is 4.79 Å². The van der Waals surface area contributed by atoms with Crippen molar-refractivity contribution >= 4 is 33.4 Å². The summed E-state index contributed by atoms with van der Waals surface area (Å²) in [5.74, 6) is -0.0615. The number of carbonyl (C=O) groups excluding carboxylic acids is 1. The zero-order chi connectivity index (χ0) is 11.3. The SMILES string of the molecule is CC(Cl)CCNC(=O)c1cccc(Br)c1. The second-order valence-corrected chi connectivity index (χ2v) is 5.00. The van der Waals surface area contributed by atoms with Gasteiger partial charge in [0, 0.05) is 22.0 Å². The molecule has 0 aliphatic rings. The maximum absolute atomic E-state index is 11.6. The number of hydrogen-bond acceptors (Lipinski definition) is 1. The molecule has 0 fully saturated rings. The quantitative estimate of drug-likeness (QED) is 0.848. The summed E-state index contributed by atoms with van der Waals surface area (Å²) in [7, 11) is 0. The molecule has 1 aromatic rings. The molecule has 15 heavy (non-hydrogen) atoms. The summed E-state index contributed by atoms with van der Waals surface area (Å²) in [6.07, 6.45) is 0.779. The fourth-order valence-electron chi connectivity index (χ4n) is 1.12. The summed E-state index contributed by atoms with van der Waals surface area (Å²) in [6, 6.07) is 7.30. The summed E-state index contributed by atoms with van der Waals surface area (Å²) >= 11 is 9.09. The highest BCUT2D eigenvalue weighted by Gasteiger charge is 2.05. The van der Waals surface area contributed by atoms with Crippen LogP contribution in [0.3, 0.4) is 0 Å². The van der Waals surface area contributed by atoms with E-state index >= 15 is 0 Å². The van der Waals surface area contributed by atoms with Crippen LogP contribution in [0.15, 0.2) is 28.7 Å². The highest BCUT2D eigenvalue weighted by Crippen LogP contribution is 2.11. The van der Waals surface area contributed by atoms with Crippen molar-refractivity contribution in [2.75, 3.05) is 6.54 Å². The van der Waals surface area contributed by atoms with Crippen LogP contribution in [0.1, 0.15) is 23.7 Å². The Kier molecular flexibility index (Phi) is 5.12. The summed E-state index contributed by atoms with van der Waals surface area (Å²) in [4.78, 5) is 11.6. The molecule has 1 N–H and O–H groups in total. The number of halogens is 2. The molecule has 0 saturated heterocycles. The van der Waals surface area contributed by atoms with Crippen molar-refractivity contribution in [3.8, 4) is 0 Å². The molecule has 2 nitrogen and oxygen atoms in total. The molecule has 0 aliphatic carbocycles. The monoisotopic (exact) mass is 289 g/mol. The van der Waals surface area contributed by atoms with E-state index in [-0.39, 0.29) is 11.3 Å². The van der Waals surface area contributed by atoms with Gasteiger partial charge in [-0.1, -0.05) is 22.0 Å². The zero-order valence-electron chi connectivity index (χ0n) is 8.47. The molecule has 0 radical (unpaired) electrons. The maximum Gasteiger partial charge on any atom is 0.251 e. The smallest absolute Gasteiger partial charge is 0.251 e. The number of carbonyl (C=O) groups is 1. The van der Waals surface area contributed by atoms with Gasteiger partial charge in [0.15, 0.2) is 0 Å². The van der Waals surface area contributed by atoms with Gasteiger partial charge in [-0.15, -0.1) is 11.6 Å². The Balaban J connectivity index is 2.47. The molecule has 82 valence electrons. The summed E-state index contributed by atoms with van der Waals surface area (Å²) in [6.45, 7) is 2.52. The minimum Gasteiger partial charge on any atom is -0.352 e. The fraction of sp³-hybridized carbons (Fsp3) is 0.364. The van der Waals surface area contributed by atoms with Crippen molar-refractivity contribution in [3.05, 3.63) is 34.3 Å². The second kappa shape index (κ2) is 6.13. The lowest BCUT2D eigenvalue weighted by molar-refractivity contribution is 0.0953. The average molecular weight is 291 g/mol. The van der Waals surface area contributed by atoms with Crippen molar-refractivity contribution in [1.82, 2.24) is 5.32 Å². The number of amides is 1. The Bertz CT molecular complexity index is 341. The molecule has 4 heteroatoms. The van der Waals surface area contributed by atoms with Crippen LogP contribution in [0.25, 0.3) is 0 Å². The molecule has 0 saturated carbocycles. The van der Waals surface area contributed by atoms with Gasteiger partial charge in [0.25, 0.3) is 5.91 Å². The van der Waals surface area contributed by atoms with Gasteiger partial charge < -0.3 is 5.32 Å². The number of alkyl halides is 1. The van der Waals surface area contributed by atoms with Gasteiger partial charge in [-0.2, -0.15) is 0 Å². The second-order valence-electron chi connectivity index (χ2n) is 3.34. The van der Waals surface area contributed by atoms with Crippen LogP contribution in [0.4, 0.5) is 0 Å². The normalized spacial score (nSPS) is 12.2. The molecule has 0 spiro atoms. The van der Waals surface area contributed by atoms with E-state index in [1.165, 1.54) is 0 Å². The Morgan fingerprint density at radius 1 is 1.60 bits per heavy atom. The predicted octanol–water partition coefficient (Wildman–Crippen LogP) is 3.20. The topological polar surface area (TPSA) is 29.1 Å². The molecule has 1 atom stereocenters. The average Bonchev–Trinajstić information content (AvgIpc) is 2.17. The largest absolute Gasteiger partial charge is 0.352 e. The van der Waals surface area contributed by atoms with Crippen LogP contribution in [0.5, 0.6) is 0 Å². The Morgan fingerprint density at radius 2 is 2.33 bits per heavy atom. The lowest BCUT2D eigenvalue weighted by Gasteiger charge is -2.06. The molecule has 0 aromatic heterocycles. The minimum atomic E-state index is -0.0615. The summed E-state index contributed by atoms with van der Waals surface area (Å²) in [5, 5.41) is 2.90. The van der Waals surface area contributed by atoms with E-state index in [0.29, 0.717) is 12.1 Å². The lowest BCUT2D eigenvalue weighted by Crippen LogP contribution is -2.25. The van der Waals surface area contributed by atoms with Crippen LogP contribution in [-0.2, 0) is 0 Å². The molecule has 1 unspecified atom stereocenters. The summed E-state index contributed by atoms with van der Waals surface area (Å²) < 4.78 is 0.904. The molecular weight excluding hydrogens is 277 g/mol. The first-order chi connectivity index (χ1) is 7.09. The van der Waals surface area contributed by atoms with E-state index in [0.717, 1.165) is 10.9 Å². The summed E-state index contributed by atoms with van der Waals surface area (Å²) in [5.41, 5.74) is 0.659. The van der Waals surface area contributed by atoms with Crippen LogP contribution in [0.2, 0.25) is 0 Å². The van der Waals surface area contributed by atoms with Gasteiger partial charge >= 0.3 is 0 Å². The van der Waals surface area contributed by atoms with E-state index in [2.05, 4.69) is 21.2 Å². The number of hydrogen-bond donors (Lipinski definition) is 1. The molecule has 1 aromatic carbocycles. The van der Waals surface area contributed by atoms with Gasteiger partial charge in [0.2, 0.25) is 0 Å². The van der Waals surface area contributed by atoms with Crippen molar-refractivity contribution in [3.63, 3.8) is 0 Å². The highest BCUT2D eigenvalue weighted by atomic mass is 79.9. The van der Waals surface area contributed by atoms with Crippen LogP contribution in [-0.4, -0.2) is 17.8 Å². The van der Waals surface area contributed by atoms with Gasteiger partial charge in [-0.3, -0.25) is 4.79 Å². The first kappa shape index (κ1) is 12.5. The lowest BCUT2D eigenvalue weighted by atomic mass is 10.2. The predicted molar refractivity (Wildman–Crippen MR) is 66.4 cm³/mol. The Hall–Kier alpha value is -0.540. The van der Waals surface area contributed by atoms with Crippen molar-refractivity contribution in [2.45, 2.75) is 18.7 Å². The van der Waals surface area contributed by atoms with Crippen molar-refractivity contribution in [1.29, 1.82) is 0 Å². The van der Waals surface area contributed by atoms with Crippen molar-refractivity contribution in [2.24, 2.45) is 0 Å². The zero-order valence-corrected chi connectivity index (χ0v) is 10.8. The first-order valence-corrected chi connectivity index (χ1v) is 6.00. The number of nitrogens with one attached hydrogen (secondary N) is 1. The van der Waals surface area contributed by atoms with E-state index in [1.807, 2.05) is 19.1 Å². The van der Waals surface area contributed by atoms with E-state index in [1.54, 1.807) is 12.1 Å². The Morgan fingerprint density at radius 3 is 2.93 bits per heavy atom. The third-order valence-corrected chi connectivity index (χ3v) is 2.63. The van der Waals surface area contributed by atoms with Crippen LogP contribution >= 0.6 is 27.5 Å². The van der Waals surface area contributed by atoms with Gasteiger partial charge in [-0.25, -0.2) is 0 Å². The third-order valence-electron chi connectivity index (χ3n) is 1.91. The molecule has 0 bridgehead atoms. The van der Waals surface area contributed by atoms with Gasteiger partial charge in [0.1, 0.15) is 0 Å². The maximum atomic E-state index is 11.6. The first-order valence-electron chi connectivity index (χ1n) is 4.77. The molecule has 1 amide bonds. The Labute approximate surface area is 103 Å².